The van der Waals surface area contributed by atoms with Gasteiger partial charge in [0, 0.05) is 19.3 Å². The highest BCUT2D eigenvalue weighted by atomic mass is 35.5. The van der Waals surface area contributed by atoms with Crippen molar-refractivity contribution in [2.24, 2.45) is 0 Å². The Labute approximate surface area is 160 Å². The SMILES string of the molecule is C1CCOC1.Clc1ccccc1Cl.O=C(Nc1nncs1)NC1CC1. The van der Waals surface area contributed by atoms with E-state index in [0.717, 1.165) is 26.1 Å². The summed E-state index contributed by atoms with van der Waals surface area (Å²) in [6.07, 6.45) is 4.73. The normalized spacial score (nSPS) is 15.3. The van der Waals surface area contributed by atoms with E-state index in [1.54, 1.807) is 17.6 Å². The predicted octanol–water partition coefficient (Wildman–Crippen LogP) is 4.61. The van der Waals surface area contributed by atoms with Gasteiger partial charge in [0.15, 0.2) is 0 Å². The first-order valence-electron chi connectivity index (χ1n) is 7.96. The van der Waals surface area contributed by atoms with Crippen molar-refractivity contribution >= 4 is 45.7 Å². The molecule has 2 N–H and O–H groups in total. The third-order valence-corrected chi connectivity index (χ3v) is 4.51. The number of amides is 2. The van der Waals surface area contributed by atoms with Crippen molar-refractivity contribution in [2.45, 2.75) is 31.7 Å². The number of rotatable bonds is 2. The summed E-state index contributed by atoms with van der Waals surface area (Å²) in [5, 5.41) is 14.4. The molecule has 2 heterocycles. The molecule has 0 atom stereocenters. The first-order valence-corrected chi connectivity index (χ1v) is 9.60. The van der Waals surface area contributed by atoms with Crippen molar-refractivity contribution in [1.29, 1.82) is 0 Å². The van der Waals surface area contributed by atoms with Crippen LogP contribution in [-0.2, 0) is 4.74 Å². The molecule has 1 saturated carbocycles. The molecule has 6 nitrogen and oxygen atoms in total. The van der Waals surface area contributed by atoms with E-state index in [-0.39, 0.29) is 6.03 Å². The lowest BCUT2D eigenvalue weighted by Crippen LogP contribution is -2.30. The summed E-state index contributed by atoms with van der Waals surface area (Å²) in [5.41, 5.74) is 1.58. The van der Waals surface area contributed by atoms with Crippen LogP contribution < -0.4 is 10.6 Å². The largest absolute Gasteiger partial charge is 0.381 e. The molecule has 136 valence electrons. The van der Waals surface area contributed by atoms with Crippen molar-refractivity contribution in [3.63, 3.8) is 0 Å². The first kappa shape index (κ1) is 19.9. The van der Waals surface area contributed by atoms with E-state index in [1.807, 2.05) is 12.1 Å². The highest BCUT2D eigenvalue weighted by molar-refractivity contribution is 7.13. The van der Waals surface area contributed by atoms with Gasteiger partial charge >= 0.3 is 6.03 Å². The molecule has 0 radical (unpaired) electrons. The van der Waals surface area contributed by atoms with Gasteiger partial charge in [-0.05, 0) is 37.8 Å². The second kappa shape index (κ2) is 11.3. The van der Waals surface area contributed by atoms with E-state index in [1.165, 1.54) is 24.2 Å². The maximum atomic E-state index is 11.1. The van der Waals surface area contributed by atoms with Crippen LogP contribution in [0.3, 0.4) is 0 Å². The van der Waals surface area contributed by atoms with Crippen LogP contribution >= 0.6 is 34.5 Å². The molecule has 4 rings (SSSR count). The van der Waals surface area contributed by atoms with E-state index in [0.29, 0.717) is 21.2 Å². The van der Waals surface area contributed by atoms with Crippen molar-refractivity contribution < 1.29 is 9.53 Å². The van der Waals surface area contributed by atoms with Gasteiger partial charge in [-0.25, -0.2) is 4.79 Å². The summed E-state index contributed by atoms with van der Waals surface area (Å²) in [4.78, 5) is 11.1. The van der Waals surface area contributed by atoms with Crippen LogP contribution in [0.15, 0.2) is 29.8 Å². The lowest BCUT2D eigenvalue weighted by Gasteiger charge is -2.01. The van der Waals surface area contributed by atoms with Crippen LogP contribution in [0.25, 0.3) is 0 Å². The van der Waals surface area contributed by atoms with Gasteiger partial charge < -0.3 is 10.1 Å². The molecule has 0 spiro atoms. The van der Waals surface area contributed by atoms with E-state index in [4.69, 9.17) is 27.9 Å². The number of hydrogen-bond acceptors (Lipinski definition) is 5. The molecule has 25 heavy (non-hydrogen) atoms. The summed E-state index contributed by atoms with van der Waals surface area (Å²) < 4.78 is 4.94. The molecule has 0 bridgehead atoms. The van der Waals surface area contributed by atoms with Gasteiger partial charge in [0.25, 0.3) is 0 Å². The Morgan fingerprint density at radius 1 is 1.16 bits per heavy atom. The molecular formula is C16H20Cl2N4O2S. The van der Waals surface area contributed by atoms with Crippen molar-refractivity contribution in [1.82, 2.24) is 15.5 Å². The minimum absolute atomic E-state index is 0.186. The second-order valence-electron chi connectivity index (χ2n) is 5.35. The number of aromatic nitrogens is 2. The number of anilines is 1. The van der Waals surface area contributed by atoms with Gasteiger partial charge in [-0.1, -0.05) is 46.7 Å². The van der Waals surface area contributed by atoms with Crippen molar-refractivity contribution in [3.05, 3.63) is 39.8 Å². The summed E-state index contributed by atoms with van der Waals surface area (Å²) in [6, 6.07) is 7.38. The van der Waals surface area contributed by atoms with E-state index in [9.17, 15) is 4.79 Å². The van der Waals surface area contributed by atoms with Gasteiger partial charge in [-0.2, -0.15) is 0 Å². The maximum absolute atomic E-state index is 11.1. The van der Waals surface area contributed by atoms with Gasteiger partial charge in [0.2, 0.25) is 5.13 Å². The number of urea groups is 1. The van der Waals surface area contributed by atoms with Crippen LogP contribution in [0.2, 0.25) is 10.0 Å². The number of hydrogen-bond donors (Lipinski definition) is 2. The number of benzene rings is 1. The minimum atomic E-state index is -0.186. The van der Waals surface area contributed by atoms with Crippen LogP contribution in [0, 0.1) is 0 Å². The summed E-state index contributed by atoms with van der Waals surface area (Å²) >= 11 is 12.5. The van der Waals surface area contributed by atoms with Crippen LogP contribution in [-0.4, -0.2) is 35.5 Å². The first-order chi connectivity index (χ1) is 12.1. The van der Waals surface area contributed by atoms with E-state index >= 15 is 0 Å². The number of nitrogens with one attached hydrogen (secondary N) is 2. The number of nitrogens with zero attached hydrogens (tertiary/aromatic N) is 2. The fraction of sp³-hybridized carbons (Fsp3) is 0.438. The Hall–Kier alpha value is -1.41. The molecule has 9 heteroatoms. The van der Waals surface area contributed by atoms with Crippen molar-refractivity contribution in [3.8, 4) is 0 Å². The van der Waals surface area contributed by atoms with Gasteiger partial charge in [-0.3, -0.25) is 5.32 Å². The number of halogens is 2. The number of carbonyl (C=O) groups is 1. The fourth-order valence-electron chi connectivity index (χ4n) is 1.72. The highest BCUT2D eigenvalue weighted by Crippen LogP contribution is 2.19. The molecule has 2 fully saturated rings. The molecule has 2 aromatic rings. The quantitative estimate of drug-likeness (QED) is 0.768. The molecule has 1 aliphatic heterocycles. The smallest absolute Gasteiger partial charge is 0.321 e. The van der Waals surface area contributed by atoms with Crippen molar-refractivity contribution in [2.75, 3.05) is 18.5 Å². The molecule has 2 aliphatic rings. The molecule has 2 amide bonds. The fourth-order valence-corrected chi connectivity index (χ4v) is 2.43. The van der Waals surface area contributed by atoms with Gasteiger partial charge in [0.05, 0.1) is 10.0 Å². The molecule has 1 aliphatic carbocycles. The molecular weight excluding hydrogens is 383 g/mol. The Morgan fingerprint density at radius 2 is 1.80 bits per heavy atom. The molecule has 1 aromatic carbocycles. The zero-order chi connectivity index (χ0) is 17.9. The molecule has 1 saturated heterocycles. The maximum Gasteiger partial charge on any atom is 0.321 e. The van der Waals surface area contributed by atoms with E-state index in [2.05, 4.69) is 20.8 Å². The highest BCUT2D eigenvalue weighted by Gasteiger charge is 2.23. The minimum Gasteiger partial charge on any atom is -0.381 e. The second-order valence-corrected chi connectivity index (χ2v) is 7.00. The Kier molecular flexibility index (Phi) is 8.96. The zero-order valence-electron chi connectivity index (χ0n) is 13.6. The zero-order valence-corrected chi connectivity index (χ0v) is 15.9. The lowest BCUT2D eigenvalue weighted by atomic mass is 10.4. The average molecular weight is 403 g/mol. The molecule has 1 aromatic heterocycles. The van der Waals surface area contributed by atoms with Crippen LogP contribution in [0.1, 0.15) is 25.7 Å². The van der Waals surface area contributed by atoms with Gasteiger partial charge in [-0.15, -0.1) is 10.2 Å². The summed E-state index contributed by atoms with van der Waals surface area (Å²) in [6.45, 7) is 2.00. The van der Waals surface area contributed by atoms with Crippen LogP contribution in [0.5, 0.6) is 0 Å². The lowest BCUT2D eigenvalue weighted by molar-refractivity contribution is 0.198. The van der Waals surface area contributed by atoms with Gasteiger partial charge in [0.1, 0.15) is 5.51 Å². The Morgan fingerprint density at radius 3 is 2.20 bits per heavy atom. The summed E-state index contributed by atoms with van der Waals surface area (Å²) in [5.74, 6) is 0. The average Bonchev–Trinajstić information content (AvgIpc) is 3.08. The standard InChI is InChI=1S/C6H4Cl2.C6H8N4OS.C4H8O/c7-5-3-1-2-4-6(5)8;11-5(8-4-1-2-4)9-6-10-7-3-12-6;1-2-4-5-3-1/h1-4H;3-4H,1-2H2,(H2,8,9,10,11);1-4H2. The Bertz CT molecular complexity index is 606. The summed E-state index contributed by atoms with van der Waals surface area (Å²) in [7, 11) is 0. The third kappa shape index (κ3) is 9.02. The third-order valence-electron chi connectivity index (χ3n) is 3.14. The number of carbonyl (C=O) groups excluding carboxylic acids is 1. The van der Waals surface area contributed by atoms with Crippen LogP contribution in [0.4, 0.5) is 9.93 Å². The monoisotopic (exact) mass is 402 g/mol. The Balaban J connectivity index is 0.000000149. The molecule has 0 unspecified atom stereocenters. The number of ether oxygens (including phenoxy) is 1. The topological polar surface area (TPSA) is 76.1 Å². The predicted molar refractivity (Wildman–Crippen MR) is 102 cm³/mol. The van der Waals surface area contributed by atoms with E-state index < -0.39 is 0 Å².